The Bertz CT molecular complexity index is 391. The zero-order valence-electron chi connectivity index (χ0n) is 14.1. The predicted octanol–water partition coefficient (Wildman–Crippen LogP) is 3.86. The summed E-state index contributed by atoms with van der Waals surface area (Å²) < 4.78 is 0. The summed E-state index contributed by atoms with van der Waals surface area (Å²) >= 11 is 0. The van der Waals surface area contributed by atoms with Crippen molar-refractivity contribution in [2.24, 2.45) is 0 Å². The van der Waals surface area contributed by atoms with Crippen LogP contribution in [0.1, 0.15) is 52.0 Å². The van der Waals surface area contributed by atoms with E-state index in [1.165, 1.54) is 44.3 Å². The average Bonchev–Trinajstić information content (AvgIpc) is 2.77. The molecule has 1 heterocycles. The van der Waals surface area contributed by atoms with Crippen molar-refractivity contribution < 1.29 is 0 Å². The molecule has 1 aromatic rings. The molecule has 21 heavy (non-hydrogen) atoms. The van der Waals surface area contributed by atoms with Gasteiger partial charge >= 0.3 is 0 Å². The van der Waals surface area contributed by atoms with Crippen LogP contribution in [-0.2, 0) is 6.42 Å². The average molecular weight is 288 g/mol. The van der Waals surface area contributed by atoms with Gasteiger partial charge in [-0.15, -0.1) is 0 Å². The quantitative estimate of drug-likeness (QED) is 0.855. The van der Waals surface area contributed by atoms with Crippen LogP contribution in [0.15, 0.2) is 30.3 Å². The second kappa shape index (κ2) is 7.95. The Labute approximate surface area is 130 Å². The molecule has 0 aromatic heterocycles. The Kier molecular flexibility index (Phi) is 6.25. The van der Waals surface area contributed by atoms with Gasteiger partial charge < -0.3 is 5.32 Å². The SMILES string of the molecule is CCNC(Cc1ccccc1)C(C)(C)N1CCCCCC1. The molecule has 1 unspecified atom stereocenters. The molecule has 0 saturated carbocycles. The molecule has 0 bridgehead atoms. The first kappa shape index (κ1) is 16.5. The van der Waals surface area contributed by atoms with Gasteiger partial charge in [-0.1, -0.05) is 50.1 Å². The highest BCUT2D eigenvalue weighted by molar-refractivity contribution is 5.17. The summed E-state index contributed by atoms with van der Waals surface area (Å²) in [5.41, 5.74) is 1.64. The van der Waals surface area contributed by atoms with Gasteiger partial charge in [-0.05, 0) is 58.3 Å². The lowest BCUT2D eigenvalue weighted by Crippen LogP contribution is -2.58. The van der Waals surface area contributed by atoms with Crippen LogP contribution in [0, 0.1) is 0 Å². The van der Waals surface area contributed by atoms with Crippen molar-refractivity contribution in [2.75, 3.05) is 19.6 Å². The number of likely N-dealkylation sites (N-methyl/N-ethyl adjacent to an activating group) is 1. The minimum Gasteiger partial charge on any atom is -0.312 e. The summed E-state index contributed by atoms with van der Waals surface area (Å²) in [6.07, 6.45) is 6.62. The number of hydrogen-bond donors (Lipinski definition) is 1. The molecule has 0 aliphatic carbocycles. The topological polar surface area (TPSA) is 15.3 Å². The second-order valence-electron chi connectivity index (χ2n) is 6.85. The smallest absolute Gasteiger partial charge is 0.0309 e. The Morgan fingerprint density at radius 1 is 1.05 bits per heavy atom. The van der Waals surface area contributed by atoms with Crippen molar-refractivity contribution in [3.05, 3.63) is 35.9 Å². The minimum atomic E-state index is 0.205. The highest BCUT2D eigenvalue weighted by Gasteiger charge is 2.34. The highest BCUT2D eigenvalue weighted by atomic mass is 15.2. The summed E-state index contributed by atoms with van der Waals surface area (Å²) in [4.78, 5) is 2.72. The van der Waals surface area contributed by atoms with Crippen molar-refractivity contribution >= 4 is 0 Å². The van der Waals surface area contributed by atoms with E-state index in [0.717, 1.165) is 13.0 Å². The van der Waals surface area contributed by atoms with Gasteiger partial charge in [0.2, 0.25) is 0 Å². The molecular weight excluding hydrogens is 256 g/mol. The summed E-state index contributed by atoms with van der Waals surface area (Å²) in [6.45, 7) is 10.6. The van der Waals surface area contributed by atoms with Gasteiger partial charge in [0, 0.05) is 11.6 Å². The Morgan fingerprint density at radius 3 is 2.24 bits per heavy atom. The van der Waals surface area contributed by atoms with Crippen LogP contribution in [0.5, 0.6) is 0 Å². The first-order valence-electron chi connectivity index (χ1n) is 8.67. The maximum atomic E-state index is 3.75. The molecule has 1 aliphatic rings. The molecule has 1 aliphatic heterocycles. The van der Waals surface area contributed by atoms with E-state index in [0.29, 0.717) is 6.04 Å². The number of nitrogens with one attached hydrogen (secondary N) is 1. The summed E-state index contributed by atoms with van der Waals surface area (Å²) in [5.74, 6) is 0. The summed E-state index contributed by atoms with van der Waals surface area (Å²) in [5, 5.41) is 3.75. The number of nitrogens with zero attached hydrogens (tertiary/aromatic N) is 1. The zero-order chi connectivity index (χ0) is 15.1. The van der Waals surface area contributed by atoms with Gasteiger partial charge in [-0.3, -0.25) is 4.90 Å². The molecule has 1 aromatic carbocycles. The van der Waals surface area contributed by atoms with Crippen LogP contribution >= 0.6 is 0 Å². The Hall–Kier alpha value is -0.860. The number of hydrogen-bond acceptors (Lipinski definition) is 2. The monoisotopic (exact) mass is 288 g/mol. The molecule has 2 nitrogen and oxygen atoms in total. The van der Waals surface area contributed by atoms with Crippen LogP contribution in [-0.4, -0.2) is 36.1 Å². The second-order valence-corrected chi connectivity index (χ2v) is 6.85. The minimum absolute atomic E-state index is 0.205. The van der Waals surface area contributed by atoms with E-state index in [-0.39, 0.29) is 5.54 Å². The molecule has 1 fully saturated rings. The van der Waals surface area contributed by atoms with E-state index < -0.39 is 0 Å². The van der Waals surface area contributed by atoms with E-state index in [9.17, 15) is 0 Å². The molecule has 0 radical (unpaired) electrons. The van der Waals surface area contributed by atoms with Crippen LogP contribution in [0.3, 0.4) is 0 Å². The molecule has 0 amide bonds. The lowest BCUT2D eigenvalue weighted by Gasteiger charge is -2.44. The molecule has 1 atom stereocenters. The molecule has 2 heteroatoms. The number of likely N-dealkylation sites (tertiary alicyclic amines) is 1. The van der Waals surface area contributed by atoms with Crippen LogP contribution in [0.4, 0.5) is 0 Å². The van der Waals surface area contributed by atoms with Crippen molar-refractivity contribution in [2.45, 2.75) is 64.5 Å². The van der Waals surface area contributed by atoms with Crippen LogP contribution in [0.25, 0.3) is 0 Å². The third kappa shape index (κ3) is 4.55. The van der Waals surface area contributed by atoms with Crippen LogP contribution in [0.2, 0.25) is 0 Å². The van der Waals surface area contributed by atoms with Crippen molar-refractivity contribution in [3.8, 4) is 0 Å². The van der Waals surface area contributed by atoms with Crippen LogP contribution < -0.4 is 5.32 Å². The Morgan fingerprint density at radius 2 is 1.67 bits per heavy atom. The predicted molar refractivity (Wildman–Crippen MR) is 91.7 cm³/mol. The Balaban J connectivity index is 2.10. The highest BCUT2D eigenvalue weighted by Crippen LogP contribution is 2.25. The maximum absolute atomic E-state index is 3.75. The number of rotatable bonds is 6. The van der Waals surface area contributed by atoms with Crippen molar-refractivity contribution in [1.82, 2.24) is 10.2 Å². The molecule has 1 N–H and O–H groups in total. The molecule has 0 spiro atoms. The van der Waals surface area contributed by atoms with Gasteiger partial charge in [0.15, 0.2) is 0 Å². The molecule has 1 saturated heterocycles. The summed E-state index contributed by atoms with van der Waals surface area (Å²) in [6, 6.07) is 11.4. The fourth-order valence-electron chi connectivity index (χ4n) is 3.54. The van der Waals surface area contributed by atoms with E-state index in [1.807, 2.05) is 0 Å². The lowest BCUT2D eigenvalue weighted by atomic mass is 9.87. The van der Waals surface area contributed by atoms with Gasteiger partial charge in [0.05, 0.1) is 0 Å². The van der Waals surface area contributed by atoms with Gasteiger partial charge in [0.1, 0.15) is 0 Å². The first-order valence-corrected chi connectivity index (χ1v) is 8.67. The lowest BCUT2D eigenvalue weighted by molar-refractivity contribution is 0.0841. The normalized spacial score (nSPS) is 19.2. The standard InChI is InChI=1S/C19H32N2/c1-4-20-18(16-17-12-8-7-9-13-17)19(2,3)21-14-10-5-6-11-15-21/h7-9,12-13,18,20H,4-6,10-11,14-16H2,1-3H3. The third-order valence-electron chi connectivity index (χ3n) is 5.01. The summed E-state index contributed by atoms with van der Waals surface area (Å²) in [7, 11) is 0. The first-order chi connectivity index (χ1) is 10.1. The maximum Gasteiger partial charge on any atom is 0.0309 e. The molecule has 2 rings (SSSR count). The van der Waals surface area contributed by atoms with Gasteiger partial charge in [-0.25, -0.2) is 0 Å². The van der Waals surface area contributed by atoms with Crippen molar-refractivity contribution in [3.63, 3.8) is 0 Å². The van der Waals surface area contributed by atoms with E-state index >= 15 is 0 Å². The largest absolute Gasteiger partial charge is 0.312 e. The number of benzene rings is 1. The fraction of sp³-hybridized carbons (Fsp3) is 0.684. The van der Waals surface area contributed by atoms with Gasteiger partial charge in [0.25, 0.3) is 0 Å². The zero-order valence-corrected chi connectivity index (χ0v) is 14.1. The molecule has 118 valence electrons. The third-order valence-corrected chi connectivity index (χ3v) is 5.01. The van der Waals surface area contributed by atoms with E-state index in [4.69, 9.17) is 0 Å². The van der Waals surface area contributed by atoms with Gasteiger partial charge in [-0.2, -0.15) is 0 Å². The fourth-order valence-corrected chi connectivity index (χ4v) is 3.54. The van der Waals surface area contributed by atoms with Crippen molar-refractivity contribution in [1.29, 1.82) is 0 Å². The molecular formula is C19H32N2. The van der Waals surface area contributed by atoms with E-state index in [1.54, 1.807) is 0 Å². The van der Waals surface area contributed by atoms with E-state index in [2.05, 4.69) is 61.3 Å².